The van der Waals surface area contributed by atoms with Gasteiger partial charge in [0.15, 0.2) is 0 Å². The van der Waals surface area contributed by atoms with Crippen LogP contribution in [0.4, 0.5) is 0 Å². The smallest absolute Gasteiger partial charge is 0.00362 e. The SMILES string of the molecule is CCC(N)CCCCN(C)CCCCC(N)CC. The molecule has 0 saturated carbocycles. The van der Waals surface area contributed by atoms with Crippen molar-refractivity contribution >= 4 is 0 Å². The minimum Gasteiger partial charge on any atom is -0.328 e. The van der Waals surface area contributed by atoms with Crippen molar-refractivity contribution in [2.45, 2.75) is 77.3 Å². The number of unbranched alkanes of at least 4 members (excludes halogenated alkanes) is 2. The summed E-state index contributed by atoms with van der Waals surface area (Å²) >= 11 is 0. The average molecular weight is 257 g/mol. The summed E-state index contributed by atoms with van der Waals surface area (Å²) in [5, 5.41) is 0. The van der Waals surface area contributed by atoms with E-state index in [4.69, 9.17) is 11.5 Å². The van der Waals surface area contributed by atoms with Gasteiger partial charge in [-0.25, -0.2) is 0 Å². The molecule has 0 aromatic rings. The highest BCUT2D eigenvalue weighted by Gasteiger charge is 2.02. The molecule has 0 aliphatic heterocycles. The lowest BCUT2D eigenvalue weighted by Gasteiger charge is -2.17. The summed E-state index contributed by atoms with van der Waals surface area (Å²) in [6, 6.07) is 0.816. The molecule has 3 heteroatoms. The predicted molar refractivity (Wildman–Crippen MR) is 81.7 cm³/mol. The number of hydrogen-bond acceptors (Lipinski definition) is 3. The van der Waals surface area contributed by atoms with Crippen LogP contribution in [0.5, 0.6) is 0 Å². The molecule has 4 N–H and O–H groups in total. The standard InChI is InChI=1S/C15H35N3/c1-4-14(16)10-6-8-12-18(3)13-9-7-11-15(17)5-2/h14-15H,4-13,16-17H2,1-3H3. The second-order valence-electron chi connectivity index (χ2n) is 5.63. The molecule has 3 nitrogen and oxygen atoms in total. The third-order valence-corrected chi connectivity index (χ3v) is 3.78. The molecule has 0 rings (SSSR count). The molecule has 0 aromatic carbocycles. The molecule has 0 saturated heterocycles. The fraction of sp³-hybridized carbons (Fsp3) is 1.00. The van der Waals surface area contributed by atoms with Gasteiger partial charge in [-0.1, -0.05) is 26.7 Å². The molecule has 0 heterocycles. The van der Waals surface area contributed by atoms with Gasteiger partial charge < -0.3 is 16.4 Å². The van der Waals surface area contributed by atoms with E-state index in [0.717, 1.165) is 12.8 Å². The fourth-order valence-electron chi connectivity index (χ4n) is 2.10. The summed E-state index contributed by atoms with van der Waals surface area (Å²) in [6.07, 6.45) is 9.64. The van der Waals surface area contributed by atoms with Gasteiger partial charge in [0.1, 0.15) is 0 Å². The van der Waals surface area contributed by atoms with Gasteiger partial charge in [-0.2, -0.15) is 0 Å². The summed E-state index contributed by atoms with van der Waals surface area (Å²) in [7, 11) is 2.22. The first-order valence-electron chi connectivity index (χ1n) is 7.79. The Kier molecular flexibility index (Phi) is 11.9. The zero-order chi connectivity index (χ0) is 13.8. The highest BCUT2D eigenvalue weighted by molar-refractivity contribution is 4.61. The molecule has 0 bridgehead atoms. The zero-order valence-corrected chi connectivity index (χ0v) is 12.8. The lowest BCUT2D eigenvalue weighted by Crippen LogP contribution is -2.23. The van der Waals surface area contributed by atoms with Crippen LogP contribution in [0, 0.1) is 0 Å². The van der Waals surface area contributed by atoms with Crippen molar-refractivity contribution in [3.63, 3.8) is 0 Å². The lowest BCUT2D eigenvalue weighted by molar-refractivity contribution is 0.311. The Balaban J connectivity index is 3.29. The molecular formula is C15H35N3. The van der Waals surface area contributed by atoms with E-state index in [1.54, 1.807) is 0 Å². The Morgan fingerprint density at radius 1 is 0.778 bits per heavy atom. The van der Waals surface area contributed by atoms with Crippen molar-refractivity contribution in [1.29, 1.82) is 0 Å². The minimum atomic E-state index is 0.408. The largest absolute Gasteiger partial charge is 0.328 e. The quantitative estimate of drug-likeness (QED) is 0.529. The zero-order valence-electron chi connectivity index (χ0n) is 12.8. The molecular weight excluding hydrogens is 222 g/mol. The van der Waals surface area contributed by atoms with Crippen LogP contribution >= 0.6 is 0 Å². The summed E-state index contributed by atoms with van der Waals surface area (Å²) < 4.78 is 0. The van der Waals surface area contributed by atoms with Gasteiger partial charge in [-0.05, 0) is 58.7 Å². The molecule has 18 heavy (non-hydrogen) atoms. The molecule has 0 radical (unpaired) electrons. The third-order valence-electron chi connectivity index (χ3n) is 3.78. The maximum atomic E-state index is 5.90. The number of nitrogens with zero attached hydrogens (tertiary/aromatic N) is 1. The van der Waals surface area contributed by atoms with E-state index in [-0.39, 0.29) is 0 Å². The Morgan fingerprint density at radius 3 is 1.50 bits per heavy atom. The van der Waals surface area contributed by atoms with E-state index in [9.17, 15) is 0 Å². The lowest BCUT2D eigenvalue weighted by atomic mass is 10.1. The van der Waals surface area contributed by atoms with E-state index in [1.165, 1.54) is 51.6 Å². The summed E-state index contributed by atoms with van der Waals surface area (Å²) in [5.41, 5.74) is 11.8. The second kappa shape index (κ2) is 11.9. The van der Waals surface area contributed by atoms with Gasteiger partial charge in [0, 0.05) is 12.1 Å². The first kappa shape index (κ1) is 17.9. The molecule has 0 aliphatic rings. The Morgan fingerprint density at radius 2 is 1.17 bits per heavy atom. The van der Waals surface area contributed by atoms with Gasteiger partial charge >= 0.3 is 0 Å². The highest BCUT2D eigenvalue weighted by atomic mass is 15.1. The van der Waals surface area contributed by atoms with Crippen molar-refractivity contribution in [3.05, 3.63) is 0 Å². The van der Waals surface area contributed by atoms with Crippen LogP contribution in [0.3, 0.4) is 0 Å². The normalized spacial score (nSPS) is 15.0. The van der Waals surface area contributed by atoms with Gasteiger partial charge in [0.25, 0.3) is 0 Å². The molecule has 0 spiro atoms. The topological polar surface area (TPSA) is 55.3 Å². The monoisotopic (exact) mass is 257 g/mol. The van der Waals surface area contributed by atoms with E-state index in [2.05, 4.69) is 25.8 Å². The second-order valence-corrected chi connectivity index (χ2v) is 5.63. The van der Waals surface area contributed by atoms with Crippen LogP contribution in [0.25, 0.3) is 0 Å². The molecule has 2 unspecified atom stereocenters. The van der Waals surface area contributed by atoms with Gasteiger partial charge in [0.05, 0.1) is 0 Å². The fourth-order valence-corrected chi connectivity index (χ4v) is 2.10. The Hall–Kier alpha value is -0.120. The van der Waals surface area contributed by atoms with Crippen molar-refractivity contribution < 1.29 is 0 Å². The number of hydrogen-bond donors (Lipinski definition) is 2. The van der Waals surface area contributed by atoms with E-state index >= 15 is 0 Å². The van der Waals surface area contributed by atoms with Crippen molar-refractivity contribution in [3.8, 4) is 0 Å². The first-order chi connectivity index (χ1) is 8.60. The summed E-state index contributed by atoms with van der Waals surface area (Å²) in [4.78, 5) is 2.44. The Bertz CT molecular complexity index is 155. The summed E-state index contributed by atoms with van der Waals surface area (Å²) in [5.74, 6) is 0. The average Bonchev–Trinajstić information content (AvgIpc) is 2.38. The first-order valence-corrected chi connectivity index (χ1v) is 7.79. The van der Waals surface area contributed by atoms with Gasteiger partial charge in [-0.15, -0.1) is 0 Å². The van der Waals surface area contributed by atoms with Crippen LogP contribution < -0.4 is 11.5 Å². The molecule has 110 valence electrons. The maximum Gasteiger partial charge on any atom is 0.00362 e. The van der Waals surface area contributed by atoms with Crippen molar-refractivity contribution in [1.82, 2.24) is 4.90 Å². The third kappa shape index (κ3) is 11.0. The van der Waals surface area contributed by atoms with Crippen molar-refractivity contribution in [2.75, 3.05) is 20.1 Å². The summed E-state index contributed by atoms with van der Waals surface area (Å²) in [6.45, 7) is 6.74. The molecule has 2 atom stereocenters. The van der Waals surface area contributed by atoms with Crippen LogP contribution in [0.2, 0.25) is 0 Å². The molecule has 0 aliphatic carbocycles. The maximum absolute atomic E-state index is 5.90. The van der Waals surface area contributed by atoms with Gasteiger partial charge in [-0.3, -0.25) is 0 Å². The van der Waals surface area contributed by atoms with E-state index in [1.807, 2.05) is 0 Å². The van der Waals surface area contributed by atoms with E-state index in [0.29, 0.717) is 12.1 Å². The minimum absolute atomic E-state index is 0.408. The van der Waals surface area contributed by atoms with Crippen LogP contribution in [0.1, 0.15) is 65.2 Å². The van der Waals surface area contributed by atoms with Crippen LogP contribution in [0.15, 0.2) is 0 Å². The molecule has 0 aromatic heterocycles. The Labute approximate surface area is 114 Å². The molecule has 0 fully saturated rings. The number of nitrogens with two attached hydrogens (primary N) is 2. The number of rotatable bonds is 12. The highest BCUT2D eigenvalue weighted by Crippen LogP contribution is 2.05. The predicted octanol–water partition coefficient (Wildman–Crippen LogP) is 2.73. The molecule has 0 amide bonds. The van der Waals surface area contributed by atoms with E-state index < -0.39 is 0 Å². The van der Waals surface area contributed by atoms with Crippen LogP contribution in [-0.2, 0) is 0 Å². The van der Waals surface area contributed by atoms with Crippen molar-refractivity contribution in [2.24, 2.45) is 11.5 Å². The van der Waals surface area contributed by atoms with Gasteiger partial charge in [0.2, 0.25) is 0 Å². The van der Waals surface area contributed by atoms with Crippen LogP contribution in [-0.4, -0.2) is 37.1 Å².